The number of hydrogen-bond acceptors (Lipinski definition) is 3. The van der Waals surface area contributed by atoms with Crippen molar-refractivity contribution in [2.75, 3.05) is 0 Å². The Kier molecular flexibility index (Phi) is 6.96. The van der Waals surface area contributed by atoms with E-state index in [0.717, 1.165) is 34.4 Å². The van der Waals surface area contributed by atoms with Crippen LogP contribution < -0.4 is 0 Å². The summed E-state index contributed by atoms with van der Waals surface area (Å²) in [5.41, 5.74) is 16.8. The summed E-state index contributed by atoms with van der Waals surface area (Å²) in [5.74, 6) is 5.21. The molecule has 4 saturated carbocycles. The van der Waals surface area contributed by atoms with Gasteiger partial charge in [0.25, 0.3) is 0 Å². The van der Waals surface area contributed by atoms with E-state index in [1.54, 1.807) is 5.56 Å². The zero-order valence-corrected chi connectivity index (χ0v) is 33.6. The van der Waals surface area contributed by atoms with Crippen LogP contribution in [0.3, 0.4) is 0 Å². The van der Waals surface area contributed by atoms with E-state index in [-0.39, 0.29) is 10.8 Å². The maximum Gasteiger partial charge on any atom is 0.164 e. The number of aromatic nitrogens is 3. The van der Waals surface area contributed by atoms with E-state index in [9.17, 15) is 0 Å². The molecule has 0 unspecified atom stereocenters. The molecule has 6 aliphatic rings. The van der Waals surface area contributed by atoms with Gasteiger partial charge in [-0.15, -0.1) is 0 Å². The number of nitrogens with zero attached hydrogens (tertiary/aromatic N) is 3. The van der Waals surface area contributed by atoms with Crippen molar-refractivity contribution in [3.05, 3.63) is 174 Å². The molecular weight excluding hydrogens is 715 g/mol. The van der Waals surface area contributed by atoms with Crippen LogP contribution in [0.4, 0.5) is 0 Å². The largest absolute Gasteiger partial charge is 0.208 e. The molecule has 8 aromatic rings. The fourth-order valence-electron chi connectivity index (χ4n) is 13.3. The minimum Gasteiger partial charge on any atom is -0.208 e. The smallest absolute Gasteiger partial charge is 0.164 e. The summed E-state index contributed by atoms with van der Waals surface area (Å²) in [5, 5.41) is 2.80. The van der Waals surface area contributed by atoms with E-state index < -0.39 is 0 Å². The normalized spacial score (nSPS) is 23.6. The van der Waals surface area contributed by atoms with E-state index in [1.165, 1.54) is 92.9 Å². The highest BCUT2D eigenvalue weighted by molar-refractivity contribution is 5.99. The molecule has 0 aliphatic heterocycles. The minimum absolute atomic E-state index is 0.0184. The van der Waals surface area contributed by atoms with Crippen LogP contribution in [0.2, 0.25) is 0 Å². The van der Waals surface area contributed by atoms with Gasteiger partial charge in [0.2, 0.25) is 0 Å². The number of fused-ring (bicyclic) bond motifs is 8. The summed E-state index contributed by atoms with van der Waals surface area (Å²) in [4.78, 5) is 15.9. The van der Waals surface area contributed by atoms with Crippen molar-refractivity contribution in [3.8, 4) is 67.5 Å². The van der Waals surface area contributed by atoms with Crippen LogP contribution in [0, 0.1) is 23.7 Å². The predicted molar refractivity (Wildman–Crippen MR) is 240 cm³/mol. The molecule has 14 rings (SSSR count). The molecule has 4 bridgehead atoms. The molecule has 0 N–H and O–H groups in total. The van der Waals surface area contributed by atoms with Gasteiger partial charge < -0.3 is 0 Å². The lowest BCUT2D eigenvalue weighted by molar-refractivity contribution is -0.0393. The maximum atomic E-state index is 5.39. The molecule has 6 aliphatic carbocycles. The Bertz CT molecular complexity index is 3020. The lowest BCUT2D eigenvalue weighted by Gasteiger charge is -2.61. The number of rotatable bonds is 4. The van der Waals surface area contributed by atoms with Gasteiger partial charge in [0.05, 0.1) is 0 Å². The average molecular weight is 760 g/mol. The highest BCUT2D eigenvalue weighted by atomic mass is 15.0. The molecule has 0 amide bonds. The monoisotopic (exact) mass is 759 g/mol. The van der Waals surface area contributed by atoms with Gasteiger partial charge in [-0.2, -0.15) is 0 Å². The summed E-state index contributed by atoms with van der Waals surface area (Å²) < 4.78 is 0. The molecule has 0 saturated heterocycles. The lowest BCUT2D eigenvalue weighted by Crippen LogP contribution is -2.55. The van der Waals surface area contributed by atoms with Crippen LogP contribution in [-0.2, 0) is 10.8 Å². The van der Waals surface area contributed by atoms with E-state index in [2.05, 4.69) is 166 Å². The predicted octanol–water partition coefficient (Wildman–Crippen LogP) is 13.7. The van der Waals surface area contributed by atoms with Gasteiger partial charge in [-0.1, -0.05) is 153 Å². The second kappa shape index (κ2) is 12.2. The van der Waals surface area contributed by atoms with Crippen LogP contribution in [0.25, 0.3) is 78.3 Å². The van der Waals surface area contributed by atoms with E-state index in [4.69, 9.17) is 15.0 Å². The third kappa shape index (κ3) is 4.68. The molecule has 1 heterocycles. The van der Waals surface area contributed by atoms with Gasteiger partial charge in [0.15, 0.2) is 17.5 Å². The van der Waals surface area contributed by atoms with Gasteiger partial charge in [-0.05, 0) is 134 Å². The fraction of sp³-hybridized carbons (Fsp3) is 0.232. The molecular formula is C56H45N3. The van der Waals surface area contributed by atoms with Crippen molar-refractivity contribution in [3.63, 3.8) is 0 Å². The minimum atomic E-state index is -0.0627. The van der Waals surface area contributed by atoms with Crippen molar-refractivity contribution in [2.45, 2.75) is 56.8 Å². The highest BCUT2D eigenvalue weighted by Gasteiger charge is 2.62. The first-order valence-corrected chi connectivity index (χ1v) is 21.8. The van der Waals surface area contributed by atoms with Crippen LogP contribution in [-0.4, -0.2) is 15.0 Å². The average Bonchev–Trinajstić information content (AvgIpc) is 3.71. The van der Waals surface area contributed by atoms with Crippen molar-refractivity contribution >= 4 is 10.8 Å². The first-order chi connectivity index (χ1) is 28.9. The molecule has 7 aromatic carbocycles. The number of benzene rings is 7. The van der Waals surface area contributed by atoms with Crippen LogP contribution in [0.5, 0.6) is 0 Å². The Hall–Kier alpha value is -6.19. The van der Waals surface area contributed by atoms with Gasteiger partial charge in [-0.25, -0.2) is 15.0 Å². The third-order valence-corrected chi connectivity index (χ3v) is 15.5. The zero-order valence-electron chi connectivity index (χ0n) is 33.6. The van der Waals surface area contributed by atoms with E-state index in [1.807, 2.05) is 0 Å². The number of hydrogen-bond donors (Lipinski definition) is 0. The molecule has 3 heteroatoms. The summed E-state index contributed by atoms with van der Waals surface area (Å²) in [7, 11) is 0. The lowest BCUT2D eigenvalue weighted by atomic mass is 9.43. The molecule has 4 fully saturated rings. The Labute approximate surface area is 346 Å². The highest BCUT2D eigenvalue weighted by Crippen LogP contribution is 2.70. The Balaban J connectivity index is 0.989. The van der Waals surface area contributed by atoms with Crippen LogP contribution >= 0.6 is 0 Å². The Morgan fingerprint density at radius 1 is 0.424 bits per heavy atom. The zero-order chi connectivity index (χ0) is 39.0. The second-order valence-corrected chi connectivity index (χ2v) is 18.8. The Morgan fingerprint density at radius 2 is 1.02 bits per heavy atom. The first-order valence-electron chi connectivity index (χ1n) is 21.8. The summed E-state index contributed by atoms with van der Waals surface area (Å²) in [6, 6.07) is 56.1. The van der Waals surface area contributed by atoms with Crippen molar-refractivity contribution in [1.29, 1.82) is 0 Å². The second-order valence-electron chi connectivity index (χ2n) is 18.8. The van der Waals surface area contributed by atoms with Crippen LogP contribution in [0.15, 0.2) is 152 Å². The first kappa shape index (κ1) is 33.7. The van der Waals surface area contributed by atoms with Crippen molar-refractivity contribution < 1.29 is 0 Å². The maximum absolute atomic E-state index is 5.39. The van der Waals surface area contributed by atoms with Gasteiger partial charge >= 0.3 is 0 Å². The molecule has 59 heavy (non-hydrogen) atoms. The standard InChI is InChI=1S/C56H45N3/c1-55(2)47-20-9-8-18-46(47)50-42(19-11-21-48(50)55)37-15-10-16-38(31-37)53-57-52(36-13-4-3-5-14-36)58-54(59-53)39-23-24-44-45-25-22-35-12-6-7-17-43(35)51(45)56(49(44)32-39)40-27-33-26-34(29-40)30-41(56)28-33/h3-25,31-34,40-41H,26-30H2,1-2H3. The third-order valence-electron chi connectivity index (χ3n) is 15.5. The fourth-order valence-corrected chi connectivity index (χ4v) is 13.3. The van der Waals surface area contributed by atoms with Crippen molar-refractivity contribution in [1.82, 2.24) is 15.0 Å². The summed E-state index contributed by atoms with van der Waals surface area (Å²) in [6.07, 6.45) is 6.82. The molecule has 3 nitrogen and oxygen atoms in total. The van der Waals surface area contributed by atoms with E-state index in [0.29, 0.717) is 23.5 Å². The van der Waals surface area contributed by atoms with Gasteiger partial charge in [0, 0.05) is 27.5 Å². The van der Waals surface area contributed by atoms with Gasteiger partial charge in [0.1, 0.15) is 0 Å². The SMILES string of the molecule is CC1(C)c2ccccc2-c2c(-c3cccc(-c4nc(-c5ccccc5)nc(-c5ccc6c(c5)C5(c7c-6ccc6ccccc76)C6CC7CC(C6)CC5C7)n4)c3)cccc21. The topological polar surface area (TPSA) is 38.7 Å². The molecule has 0 radical (unpaired) electrons. The Morgan fingerprint density at radius 3 is 1.81 bits per heavy atom. The van der Waals surface area contributed by atoms with Crippen molar-refractivity contribution in [2.24, 2.45) is 23.7 Å². The molecule has 284 valence electrons. The van der Waals surface area contributed by atoms with Gasteiger partial charge in [-0.3, -0.25) is 0 Å². The molecule has 0 atom stereocenters. The summed E-state index contributed by atoms with van der Waals surface area (Å²) >= 11 is 0. The van der Waals surface area contributed by atoms with Crippen LogP contribution in [0.1, 0.15) is 68.2 Å². The molecule has 1 spiro atoms. The summed E-state index contributed by atoms with van der Waals surface area (Å²) in [6.45, 7) is 4.69. The molecule has 1 aromatic heterocycles. The van der Waals surface area contributed by atoms with E-state index >= 15 is 0 Å². The quantitative estimate of drug-likeness (QED) is 0.179.